The minimum atomic E-state index is -4.77. The molecule has 0 amide bonds. The van der Waals surface area contributed by atoms with Crippen LogP contribution < -0.4 is 0 Å². The van der Waals surface area contributed by atoms with Gasteiger partial charge in [0.25, 0.3) is 0 Å². The van der Waals surface area contributed by atoms with Crippen molar-refractivity contribution in [3.05, 3.63) is 97.2 Å². The second-order valence-corrected chi connectivity index (χ2v) is 21.9. The van der Waals surface area contributed by atoms with Crippen LogP contribution in [0.2, 0.25) is 0 Å². The molecule has 0 aliphatic rings. The van der Waals surface area contributed by atoms with Gasteiger partial charge < -0.3 is 24.2 Å². The molecule has 0 heterocycles. The van der Waals surface area contributed by atoms with Crippen molar-refractivity contribution in [3.63, 3.8) is 0 Å². The lowest BCUT2D eigenvalue weighted by atomic mass is 10.1. The molecule has 0 bridgehead atoms. The van der Waals surface area contributed by atoms with Gasteiger partial charge in [0.05, 0.1) is 19.8 Å². The van der Waals surface area contributed by atoms with Gasteiger partial charge in [0.1, 0.15) is 12.7 Å². The Hall–Kier alpha value is -3.60. The van der Waals surface area contributed by atoms with Gasteiger partial charge in [0.2, 0.25) is 0 Å². The van der Waals surface area contributed by atoms with Crippen molar-refractivity contribution < 1.29 is 52.2 Å². The molecule has 12 heteroatoms. The lowest BCUT2D eigenvalue weighted by Gasteiger charge is -2.21. The van der Waals surface area contributed by atoms with Gasteiger partial charge in [0, 0.05) is 19.3 Å². The molecule has 3 atom stereocenters. The van der Waals surface area contributed by atoms with E-state index in [2.05, 4.69) is 118 Å². The molecule has 448 valence electrons. The number of phosphoric ester groups is 1. The number of phosphoric acid groups is 1. The Morgan fingerprint density at radius 1 is 0.372 bits per heavy atom. The van der Waals surface area contributed by atoms with E-state index in [1.54, 1.807) is 0 Å². The Balaban J connectivity index is 4.76. The van der Waals surface area contributed by atoms with Gasteiger partial charge in [-0.05, 0) is 116 Å². The Labute approximate surface area is 476 Å². The van der Waals surface area contributed by atoms with E-state index in [0.29, 0.717) is 19.3 Å². The van der Waals surface area contributed by atoms with Crippen molar-refractivity contribution in [1.29, 1.82) is 0 Å². The van der Waals surface area contributed by atoms with Crippen molar-refractivity contribution in [2.45, 2.75) is 277 Å². The van der Waals surface area contributed by atoms with E-state index in [9.17, 15) is 28.9 Å². The van der Waals surface area contributed by atoms with Gasteiger partial charge in [-0.15, -0.1) is 0 Å². The normalized spacial score (nSPS) is 14.0. The van der Waals surface area contributed by atoms with Gasteiger partial charge >= 0.3 is 25.7 Å². The highest BCUT2D eigenvalue weighted by Gasteiger charge is 2.28. The van der Waals surface area contributed by atoms with Crippen LogP contribution >= 0.6 is 7.82 Å². The second-order valence-electron chi connectivity index (χ2n) is 20.5. The summed E-state index contributed by atoms with van der Waals surface area (Å²) in [7, 11) is -4.77. The molecule has 0 aliphatic carbocycles. The molecule has 2 N–H and O–H groups in total. The number of aliphatic hydroxyl groups is 1. The number of ether oxygens (including phenoxy) is 3. The highest BCUT2D eigenvalue weighted by molar-refractivity contribution is 7.47. The first-order chi connectivity index (χ1) is 38.2. The molecule has 11 nitrogen and oxygen atoms in total. The third kappa shape index (κ3) is 57.1. The zero-order valence-electron chi connectivity index (χ0n) is 49.6. The predicted molar refractivity (Wildman–Crippen MR) is 325 cm³/mol. The molecule has 0 rings (SSSR count). The summed E-state index contributed by atoms with van der Waals surface area (Å²) in [6.45, 7) is 4.39. The molecular formula is C66H113O11P. The number of carbonyl (C=O) groups excluding carboxylic acids is 3. The molecule has 0 radical (unpaired) electrons. The largest absolute Gasteiger partial charge is 0.472 e. The van der Waals surface area contributed by atoms with E-state index in [0.717, 1.165) is 122 Å². The molecule has 3 unspecified atom stereocenters. The van der Waals surface area contributed by atoms with Crippen LogP contribution in [0.1, 0.15) is 265 Å². The van der Waals surface area contributed by atoms with Crippen LogP contribution in [0.3, 0.4) is 0 Å². The van der Waals surface area contributed by atoms with Gasteiger partial charge in [-0.3, -0.25) is 23.4 Å². The number of carbonyl (C=O) groups is 3. The maximum atomic E-state index is 12.9. The van der Waals surface area contributed by atoms with E-state index >= 15 is 0 Å². The van der Waals surface area contributed by atoms with Gasteiger partial charge in [-0.2, -0.15) is 0 Å². The van der Waals surface area contributed by atoms with E-state index in [1.165, 1.54) is 83.5 Å². The number of unbranched alkanes of at least 4 members (excludes halogenated alkanes) is 24. The summed E-state index contributed by atoms with van der Waals surface area (Å²) >= 11 is 0. The molecule has 0 spiro atoms. The fourth-order valence-electron chi connectivity index (χ4n) is 8.30. The summed E-state index contributed by atoms with van der Waals surface area (Å²) in [4.78, 5) is 48.7. The van der Waals surface area contributed by atoms with Crippen LogP contribution in [0.5, 0.6) is 0 Å². The van der Waals surface area contributed by atoms with Crippen molar-refractivity contribution in [3.8, 4) is 0 Å². The average Bonchev–Trinajstić information content (AvgIpc) is 3.43. The predicted octanol–water partition coefficient (Wildman–Crippen LogP) is 18.8. The minimum absolute atomic E-state index is 0.135. The van der Waals surface area contributed by atoms with E-state index < -0.39 is 57.8 Å². The Morgan fingerprint density at radius 2 is 0.667 bits per heavy atom. The number of aliphatic hydroxyl groups excluding tert-OH is 1. The number of allylic oxidation sites excluding steroid dienone is 16. The summed E-state index contributed by atoms with van der Waals surface area (Å²) in [6, 6.07) is 0. The Kier molecular flexibility index (Phi) is 56.8. The van der Waals surface area contributed by atoms with E-state index in [-0.39, 0.29) is 25.9 Å². The van der Waals surface area contributed by atoms with E-state index in [1.807, 2.05) is 0 Å². The first kappa shape index (κ1) is 74.4. The lowest BCUT2D eigenvalue weighted by molar-refractivity contribution is -0.161. The molecule has 0 saturated heterocycles. The van der Waals surface area contributed by atoms with Crippen molar-refractivity contribution in [2.75, 3.05) is 26.4 Å². The Morgan fingerprint density at radius 3 is 1.04 bits per heavy atom. The van der Waals surface area contributed by atoms with Crippen molar-refractivity contribution >= 4 is 25.7 Å². The van der Waals surface area contributed by atoms with Crippen molar-refractivity contribution in [2.24, 2.45) is 0 Å². The molecule has 0 aromatic heterocycles. The summed E-state index contributed by atoms with van der Waals surface area (Å²) in [5.74, 6) is -1.51. The fraction of sp³-hybridized carbons (Fsp3) is 0.712. The molecule has 0 aliphatic heterocycles. The summed E-state index contributed by atoms with van der Waals surface area (Å²) in [6.07, 6.45) is 70.7. The highest BCUT2D eigenvalue weighted by atomic mass is 31.2. The SMILES string of the molecule is CC/C=C\C/C=C\C/C=C\C/C=C\CCCCCCC(=O)OC(COC(=O)CCCCCCCCCCC/C=C\CCCCCCCC)COP(=O)(O)OCC(CO)OC(=O)CCCCCCC/C=C\C/C=C\C/C=C\CC. The highest BCUT2D eigenvalue weighted by Crippen LogP contribution is 2.43. The van der Waals surface area contributed by atoms with Crippen molar-refractivity contribution in [1.82, 2.24) is 0 Å². The third-order valence-corrected chi connectivity index (χ3v) is 13.9. The first-order valence-corrected chi connectivity index (χ1v) is 32.6. The van der Waals surface area contributed by atoms with Gasteiger partial charge in [-0.25, -0.2) is 4.57 Å². The fourth-order valence-corrected chi connectivity index (χ4v) is 9.08. The van der Waals surface area contributed by atoms with Crippen LogP contribution in [0.25, 0.3) is 0 Å². The standard InChI is InChI=1S/C66H113O11P/c1-4-7-10-13-16-19-22-25-28-30-31-33-35-37-40-43-46-49-52-55-64(68)73-59-63(77-66(70)57-54-51-48-45-42-39-36-32-29-26-23-20-17-14-11-8-5-2)61-75-78(71,72)74-60-62(58-67)76-65(69)56-53-50-47-44-41-38-34-27-24-21-18-15-12-9-6-3/h8-9,11-12,17-18,20-21,25-29,34,36,39,62-63,67H,4-7,10,13-16,19,22-24,30-33,35,37-38,40-61H2,1-3H3,(H,71,72)/b11-8-,12-9-,20-17-,21-18-,28-25-,29-26-,34-27-,39-36-. The van der Waals surface area contributed by atoms with Crippen LogP contribution in [-0.2, 0) is 42.2 Å². The smallest absolute Gasteiger partial charge is 0.462 e. The number of hydrogen-bond donors (Lipinski definition) is 2. The molecule has 78 heavy (non-hydrogen) atoms. The van der Waals surface area contributed by atoms with Gasteiger partial charge in [0.15, 0.2) is 6.10 Å². The van der Waals surface area contributed by atoms with Crippen LogP contribution in [0, 0.1) is 0 Å². The summed E-state index contributed by atoms with van der Waals surface area (Å²) < 4.78 is 39.6. The number of rotatable bonds is 57. The monoisotopic (exact) mass is 1110 g/mol. The summed E-state index contributed by atoms with van der Waals surface area (Å²) in [5, 5.41) is 9.83. The maximum Gasteiger partial charge on any atom is 0.472 e. The number of esters is 3. The third-order valence-electron chi connectivity index (χ3n) is 13.0. The van der Waals surface area contributed by atoms with Crippen LogP contribution in [0.4, 0.5) is 0 Å². The lowest BCUT2D eigenvalue weighted by Crippen LogP contribution is -2.30. The Bertz CT molecular complexity index is 1680. The molecule has 0 aromatic carbocycles. The number of hydrogen-bond acceptors (Lipinski definition) is 10. The second kappa shape index (κ2) is 59.5. The van der Waals surface area contributed by atoms with Gasteiger partial charge in [-0.1, -0.05) is 227 Å². The zero-order chi connectivity index (χ0) is 56.9. The maximum absolute atomic E-state index is 12.9. The topological polar surface area (TPSA) is 155 Å². The quantitative estimate of drug-likeness (QED) is 0.0197. The molecule has 0 fully saturated rings. The molecule has 0 aromatic rings. The first-order valence-electron chi connectivity index (χ1n) is 31.1. The average molecular weight is 1110 g/mol. The zero-order valence-corrected chi connectivity index (χ0v) is 50.5. The minimum Gasteiger partial charge on any atom is -0.462 e. The van der Waals surface area contributed by atoms with E-state index in [4.69, 9.17) is 23.3 Å². The molecular weight excluding hydrogens is 1000 g/mol. The van der Waals surface area contributed by atoms with Crippen LogP contribution in [-0.4, -0.2) is 66.5 Å². The van der Waals surface area contributed by atoms with Crippen LogP contribution in [0.15, 0.2) is 97.2 Å². The summed E-state index contributed by atoms with van der Waals surface area (Å²) in [5.41, 5.74) is 0. The molecule has 0 saturated carbocycles.